The van der Waals surface area contributed by atoms with Gasteiger partial charge in [-0.1, -0.05) is 26.7 Å². The van der Waals surface area contributed by atoms with E-state index in [1.165, 1.54) is 31.2 Å². The van der Waals surface area contributed by atoms with Gasteiger partial charge in [0.2, 0.25) is 15.6 Å². The van der Waals surface area contributed by atoms with Gasteiger partial charge in [-0.3, -0.25) is 4.79 Å². The van der Waals surface area contributed by atoms with E-state index >= 15 is 0 Å². The third-order valence-electron chi connectivity index (χ3n) is 4.21. The molecule has 0 aromatic carbocycles. The molecule has 1 aromatic rings. The van der Waals surface area contributed by atoms with E-state index in [0.29, 0.717) is 12.5 Å². The second-order valence-corrected chi connectivity index (χ2v) is 8.29. The summed E-state index contributed by atoms with van der Waals surface area (Å²) in [6.45, 7) is 4.83. The van der Waals surface area contributed by atoms with Gasteiger partial charge in [-0.15, -0.1) is 0 Å². The second-order valence-electron chi connectivity index (χ2n) is 6.52. The fourth-order valence-corrected chi connectivity index (χ4v) is 4.46. The molecule has 5 nitrogen and oxygen atoms in total. The molecule has 0 spiro atoms. The molecule has 118 valence electrons. The molecule has 21 heavy (non-hydrogen) atoms. The van der Waals surface area contributed by atoms with E-state index < -0.39 is 10.0 Å². The predicted molar refractivity (Wildman–Crippen MR) is 82.6 cm³/mol. The Morgan fingerprint density at radius 1 is 1.29 bits per heavy atom. The summed E-state index contributed by atoms with van der Waals surface area (Å²) in [6.07, 6.45) is 6.80. The van der Waals surface area contributed by atoms with Crippen molar-refractivity contribution in [2.24, 2.45) is 11.3 Å². The van der Waals surface area contributed by atoms with Crippen LogP contribution in [0.3, 0.4) is 0 Å². The number of aromatic nitrogens is 1. The zero-order chi connectivity index (χ0) is 15.5. The zero-order valence-corrected chi connectivity index (χ0v) is 13.5. The molecule has 0 bridgehead atoms. The maximum Gasteiger partial charge on any atom is 0.247 e. The first kappa shape index (κ1) is 16.2. The minimum absolute atomic E-state index is 0.0867. The summed E-state index contributed by atoms with van der Waals surface area (Å²) in [5.74, 6) is 0.556. The Bertz CT molecular complexity index is 608. The third-order valence-corrected chi connectivity index (χ3v) is 5.61. The lowest BCUT2D eigenvalue weighted by atomic mass is 9.79. The van der Waals surface area contributed by atoms with E-state index in [1.54, 1.807) is 0 Å². The Labute approximate surface area is 126 Å². The maximum atomic E-state index is 12.3. The van der Waals surface area contributed by atoms with Gasteiger partial charge in [-0.25, -0.2) is 13.1 Å². The van der Waals surface area contributed by atoms with Crippen LogP contribution >= 0.6 is 0 Å². The van der Waals surface area contributed by atoms with Gasteiger partial charge in [0.15, 0.2) is 0 Å². The molecule has 0 aliphatic heterocycles. The average Bonchev–Trinajstić information content (AvgIpc) is 2.85. The molecular weight excluding hydrogens is 288 g/mol. The van der Waals surface area contributed by atoms with Crippen molar-refractivity contribution in [2.45, 2.75) is 50.8 Å². The summed E-state index contributed by atoms with van der Waals surface area (Å²) < 4.78 is 27.3. The fourth-order valence-electron chi connectivity index (χ4n) is 3.34. The molecule has 2 rings (SSSR count). The molecule has 1 heterocycles. The maximum absolute atomic E-state index is 12.3. The van der Waals surface area contributed by atoms with Gasteiger partial charge in [0.1, 0.15) is 0 Å². The molecule has 1 saturated carbocycles. The average molecular weight is 312 g/mol. The van der Waals surface area contributed by atoms with E-state index in [0.717, 1.165) is 19.3 Å². The van der Waals surface area contributed by atoms with Crippen molar-refractivity contribution < 1.29 is 8.42 Å². The Morgan fingerprint density at radius 2 is 1.95 bits per heavy atom. The smallest absolute Gasteiger partial charge is 0.247 e. The van der Waals surface area contributed by atoms with Gasteiger partial charge in [0, 0.05) is 18.8 Å². The quantitative estimate of drug-likeness (QED) is 0.845. The van der Waals surface area contributed by atoms with Crippen LogP contribution in [0.25, 0.3) is 0 Å². The number of hydrogen-bond donors (Lipinski definition) is 2. The highest BCUT2D eigenvalue weighted by Crippen LogP contribution is 2.42. The summed E-state index contributed by atoms with van der Waals surface area (Å²) >= 11 is 0. The van der Waals surface area contributed by atoms with Gasteiger partial charge in [0.25, 0.3) is 0 Å². The molecule has 0 unspecified atom stereocenters. The molecule has 2 N–H and O–H groups in total. The van der Waals surface area contributed by atoms with Crippen LogP contribution in [0.4, 0.5) is 0 Å². The number of pyridine rings is 1. The van der Waals surface area contributed by atoms with E-state index in [9.17, 15) is 13.2 Å². The van der Waals surface area contributed by atoms with Gasteiger partial charge >= 0.3 is 0 Å². The number of aromatic amines is 1. The lowest BCUT2D eigenvalue weighted by Crippen LogP contribution is -2.37. The minimum Gasteiger partial charge on any atom is -0.328 e. The Morgan fingerprint density at radius 3 is 2.48 bits per heavy atom. The molecule has 0 amide bonds. The molecule has 1 aliphatic carbocycles. The van der Waals surface area contributed by atoms with Gasteiger partial charge in [-0.05, 0) is 36.7 Å². The van der Waals surface area contributed by atoms with Crippen LogP contribution in [0.1, 0.15) is 46.0 Å². The van der Waals surface area contributed by atoms with Crippen molar-refractivity contribution >= 4 is 10.0 Å². The van der Waals surface area contributed by atoms with Crippen molar-refractivity contribution in [1.29, 1.82) is 0 Å². The van der Waals surface area contributed by atoms with Crippen LogP contribution in [-0.2, 0) is 10.0 Å². The summed E-state index contributed by atoms with van der Waals surface area (Å²) in [4.78, 5) is 13.5. The normalized spacial score (nSPS) is 18.2. The van der Waals surface area contributed by atoms with Crippen LogP contribution in [-0.4, -0.2) is 19.9 Å². The third kappa shape index (κ3) is 4.17. The standard InChI is InChI=1S/C15H24N2O3S/c1-12(2)9-15(7-3-4-8-15)11-17-21(19,20)13-5-6-14(18)16-10-13/h5-6,10,12,17H,3-4,7-9,11H2,1-2H3,(H,16,18). The summed E-state index contributed by atoms with van der Waals surface area (Å²) in [5, 5.41) is 0. The van der Waals surface area contributed by atoms with Gasteiger partial charge < -0.3 is 4.98 Å². The summed E-state index contributed by atoms with van der Waals surface area (Å²) in [6, 6.07) is 2.57. The Hall–Kier alpha value is -1.14. The zero-order valence-electron chi connectivity index (χ0n) is 12.7. The van der Waals surface area contributed by atoms with Crippen molar-refractivity contribution in [3.8, 4) is 0 Å². The van der Waals surface area contributed by atoms with Crippen LogP contribution in [0.2, 0.25) is 0 Å². The molecule has 0 radical (unpaired) electrons. The number of rotatable bonds is 6. The van der Waals surface area contributed by atoms with Crippen LogP contribution in [0.5, 0.6) is 0 Å². The van der Waals surface area contributed by atoms with Crippen molar-refractivity contribution in [1.82, 2.24) is 9.71 Å². The van der Waals surface area contributed by atoms with Crippen LogP contribution in [0.15, 0.2) is 28.0 Å². The van der Waals surface area contributed by atoms with Gasteiger partial charge in [0.05, 0.1) is 4.90 Å². The lowest BCUT2D eigenvalue weighted by molar-refractivity contribution is 0.236. The van der Waals surface area contributed by atoms with Crippen molar-refractivity contribution in [2.75, 3.05) is 6.54 Å². The Balaban J connectivity index is 2.09. The van der Waals surface area contributed by atoms with Crippen molar-refractivity contribution in [3.05, 3.63) is 28.7 Å². The SMILES string of the molecule is CC(C)CC1(CNS(=O)(=O)c2ccc(=O)[nH]c2)CCCC1. The molecule has 1 aliphatic rings. The predicted octanol–water partition coefficient (Wildman–Crippen LogP) is 2.26. The van der Waals surface area contributed by atoms with E-state index in [2.05, 4.69) is 23.6 Å². The van der Waals surface area contributed by atoms with Crippen molar-refractivity contribution in [3.63, 3.8) is 0 Å². The first-order valence-electron chi connectivity index (χ1n) is 7.51. The highest BCUT2D eigenvalue weighted by atomic mass is 32.2. The molecule has 1 aromatic heterocycles. The highest BCUT2D eigenvalue weighted by molar-refractivity contribution is 7.89. The highest BCUT2D eigenvalue weighted by Gasteiger charge is 2.35. The van der Waals surface area contributed by atoms with Crippen LogP contribution in [0, 0.1) is 11.3 Å². The molecule has 6 heteroatoms. The van der Waals surface area contributed by atoms with E-state index in [-0.39, 0.29) is 15.9 Å². The monoisotopic (exact) mass is 312 g/mol. The van der Waals surface area contributed by atoms with E-state index in [1.807, 2.05) is 0 Å². The fraction of sp³-hybridized carbons (Fsp3) is 0.667. The topological polar surface area (TPSA) is 79.0 Å². The first-order chi connectivity index (χ1) is 9.83. The number of sulfonamides is 1. The summed E-state index contributed by atoms with van der Waals surface area (Å²) in [7, 11) is -3.56. The largest absolute Gasteiger partial charge is 0.328 e. The second kappa shape index (κ2) is 6.32. The molecule has 1 fully saturated rings. The Kier molecular flexibility index (Phi) is 4.88. The molecular formula is C15H24N2O3S. The molecule has 0 saturated heterocycles. The number of nitrogens with one attached hydrogen (secondary N) is 2. The summed E-state index contributed by atoms with van der Waals surface area (Å²) in [5.41, 5.74) is -0.218. The lowest BCUT2D eigenvalue weighted by Gasteiger charge is -2.31. The number of H-pyrrole nitrogens is 1. The van der Waals surface area contributed by atoms with Crippen LogP contribution < -0.4 is 10.3 Å². The van der Waals surface area contributed by atoms with E-state index in [4.69, 9.17) is 0 Å². The molecule has 0 atom stereocenters. The number of hydrogen-bond acceptors (Lipinski definition) is 3. The first-order valence-corrected chi connectivity index (χ1v) is 9.00. The minimum atomic E-state index is -3.56. The van der Waals surface area contributed by atoms with Gasteiger partial charge in [-0.2, -0.15) is 0 Å².